The number of nitrogens with one attached hydrogen (secondary N) is 1. The molecule has 0 fully saturated rings. The van der Waals surface area contributed by atoms with Crippen LogP contribution in [0.5, 0.6) is 0 Å². The number of aliphatic hydroxyl groups is 1. The molecule has 84 valence electrons. The van der Waals surface area contributed by atoms with Gasteiger partial charge in [-0.25, -0.2) is 4.79 Å². The van der Waals surface area contributed by atoms with Gasteiger partial charge in [-0.2, -0.15) is 5.10 Å². The van der Waals surface area contributed by atoms with Crippen molar-refractivity contribution in [3.63, 3.8) is 0 Å². The Morgan fingerprint density at radius 1 is 1.60 bits per heavy atom. The number of esters is 1. The monoisotopic (exact) mass is 212 g/mol. The number of aryl methyl sites for hydroxylation is 1. The van der Waals surface area contributed by atoms with E-state index < -0.39 is 5.97 Å². The van der Waals surface area contributed by atoms with E-state index in [1.165, 1.54) is 0 Å². The minimum atomic E-state index is -0.418. The van der Waals surface area contributed by atoms with E-state index in [2.05, 4.69) is 10.2 Å². The molecule has 0 atom stereocenters. The molecule has 5 heteroatoms. The van der Waals surface area contributed by atoms with Gasteiger partial charge >= 0.3 is 5.97 Å². The number of aliphatic hydroxyl groups excluding tert-OH is 1. The van der Waals surface area contributed by atoms with E-state index in [4.69, 9.17) is 9.84 Å². The van der Waals surface area contributed by atoms with Crippen LogP contribution in [0.3, 0.4) is 0 Å². The van der Waals surface area contributed by atoms with E-state index in [9.17, 15) is 4.79 Å². The molecule has 1 rings (SSSR count). The zero-order valence-electron chi connectivity index (χ0n) is 9.04. The molecule has 2 N–H and O–H groups in total. The summed E-state index contributed by atoms with van der Waals surface area (Å²) in [5, 5.41) is 15.4. The van der Waals surface area contributed by atoms with Crippen LogP contribution in [-0.4, -0.2) is 27.9 Å². The molecule has 0 aliphatic carbocycles. The van der Waals surface area contributed by atoms with Gasteiger partial charge in [-0.1, -0.05) is 13.3 Å². The van der Waals surface area contributed by atoms with Crippen molar-refractivity contribution in [2.45, 2.75) is 33.3 Å². The van der Waals surface area contributed by atoms with E-state index in [0.29, 0.717) is 23.6 Å². The number of carbonyl (C=O) groups is 1. The van der Waals surface area contributed by atoms with E-state index in [1.54, 1.807) is 6.92 Å². The molecule has 5 nitrogen and oxygen atoms in total. The third-order valence-electron chi connectivity index (χ3n) is 2.11. The number of aromatic amines is 1. The predicted molar refractivity (Wildman–Crippen MR) is 54.4 cm³/mol. The Bertz CT molecular complexity index is 333. The van der Waals surface area contributed by atoms with Gasteiger partial charge in [0, 0.05) is 5.69 Å². The molecule has 0 bridgehead atoms. The molecule has 0 aromatic carbocycles. The van der Waals surface area contributed by atoms with Gasteiger partial charge in [0.1, 0.15) is 11.3 Å². The molecular formula is C10H16N2O3. The molecule has 0 aliphatic heterocycles. The van der Waals surface area contributed by atoms with Gasteiger partial charge in [0.15, 0.2) is 0 Å². The summed E-state index contributed by atoms with van der Waals surface area (Å²) in [5.41, 5.74) is 1.32. The fourth-order valence-corrected chi connectivity index (χ4v) is 1.25. The van der Waals surface area contributed by atoms with E-state index >= 15 is 0 Å². The van der Waals surface area contributed by atoms with Crippen LogP contribution < -0.4 is 0 Å². The van der Waals surface area contributed by atoms with Crippen molar-refractivity contribution in [3.8, 4) is 0 Å². The number of carbonyl (C=O) groups excluding carboxylic acids is 1. The molecule has 1 aromatic rings. The Morgan fingerprint density at radius 2 is 2.33 bits per heavy atom. The van der Waals surface area contributed by atoms with Crippen molar-refractivity contribution in [3.05, 3.63) is 17.0 Å². The maximum absolute atomic E-state index is 11.6. The number of rotatable bonds is 5. The molecule has 0 radical (unpaired) electrons. The maximum atomic E-state index is 11.6. The van der Waals surface area contributed by atoms with Crippen LogP contribution in [0.4, 0.5) is 0 Å². The Kier molecular flexibility index (Phi) is 4.30. The third-order valence-corrected chi connectivity index (χ3v) is 2.11. The summed E-state index contributed by atoms with van der Waals surface area (Å²) >= 11 is 0. The summed E-state index contributed by atoms with van der Waals surface area (Å²) in [6.07, 6.45) is 1.82. The van der Waals surface area contributed by atoms with Crippen LogP contribution in [-0.2, 0) is 11.3 Å². The smallest absolute Gasteiger partial charge is 0.341 e. The second kappa shape index (κ2) is 5.50. The number of unbranched alkanes of at least 4 members (excludes halogenated alkanes) is 1. The van der Waals surface area contributed by atoms with E-state index in [0.717, 1.165) is 12.8 Å². The van der Waals surface area contributed by atoms with Crippen LogP contribution in [0.2, 0.25) is 0 Å². The average Bonchev–Trinajstić information content (AvgIpc) is 2.59. The minimum absolute atomic E-state index is 0.261. The van der Waals surface area contributed by atoms with Crippen molar-refractivity contribution >= 4 is 5.97 Å². The topological polar surface area (TPSA) is 75.2 Å². The summed E-state index contributed by atoms with van der Waals surface area (Å²) in [5.74, 6) is -0.418. The Labute approximate surface area is 88.5 Å². The standard InChI is InChI=1S/C10H16N2O3/c1-3-4-5-15-10(14)9-7(2)11-12-8(9)6-13/h13H,3-6H2,1-2H3,(H,11,12). The summed E-state index contributed by atoms with van der Waals surface area (Å²) in [4.78, 5) is 11.6. The number of nitrogens with zero attached hydrogens (tertiary/aromatic N) is 1. The fraction of sp³-hybridized carbons (Fsp3) is 0.600. The Balaban J connectivity index is 2.67. The van der Waals surface area contributed by atoms with Crippen LogP contribution in [0.1, 0.15) is 41.5 Å². The quantitative estimate of drug-likeness (QED) is 0.567. The highest BCUT2D eigenvalue weighted by Gasteiger charge is 2.18. The first kappa shape index (κ1) is 11.7. The lowest BCUT2D eigenvalue weighted by molar-refractivity contribution is 0.0495. The zero-order valence-corrected chi connectivity index (χ0v) is 9.04. The van der Waals surface area contributed by atoms with Crippen molar-refractivity contribution < 1.29 is 14.6 Å². The molecule has 0 aliphatic rings. The highest BCUT2D eigenvalue weighted by molar-refractivity contribution is 5.91. The highest BCUT2D eigenvalue weighted by Crippen LogP contribution is 2.12. The maximum Gasteiger partial charge on any atom is 0.341 e. The molecule has 15 heavy (non-hydrogen) atoms. The summed E-state index contributed by atoms with van der Waals surface area (Å²) in [6.45, 7) is 3.89. The second-order valence-electron chi connectivity index (χ2n) is 3.32. The largest absolute Gasteiger partial charge is 0.462 e. The molecule has 0 spiro atoms. The van der Waals surface area contributed by atoms with Crippen molar-refractivity contribution in [2.24, 2.45) is 0 Å². The van der Waals surface area contributed by atoms with Crippen molar-refractivity contribution in [1.29, 1.82) is 0 Å². The number of hydrogen-bond acceptors (Lipinski definition) is 4. The van der Waals surface area contributed by atoms with Crippen LogP contribution in [0.15, 0.2) is 0 Å². The van der Waals surface area contributed by atoms with Crippen molar-refractivity contribution in [1.82, 2.24) is 10.2 Å². The van der Waals surface area contributed by atoms with Crippen LogP contribution >= 0.6 is 0 Å². The first-order chi connectivity index (χ1) is 7.20. The van der Waals surface area contributed by atoms with Gasteiger partial charge in [-0.05, 0) is 13.3 Å². The van der Waals surface area contributed by atoms with Crippen LogP contribution in [0, 0.1) is 6.92 Å². The Morgan fingerprint density at radius 3 is 2.93 bits per heavy atom. The normalized spacial score (nSPS) is 10.3. The SMILES string of the molecule is CCCCOC(=O)c1c(CO)n[nH]c1C. The second-order valence-corrected chi connectivity index (χ2v) is 3.32. The average molecular weight is 212 g/mol. The fourth-order valence-electron chi connectivity index (χ4n) is 1.25. The first-order valence-electron chi connectivity index (χ1n) is 5.02. The summed E-state index contributed by atoms with van der Waals surface area (Å²) in [6, 6.07) is 0. The lowest BCUT2D eigenvalue weighted by atomic mass is 10.2. The zero-order chi connectivity index (χ0) is 11.3. The van der Waals surface area contributed by atoms with Gasteiger partial charge in [0.05, 0.1) is 13.2 Å². The molecular weight excluding hydrogens is 196 g/mol. The van der Waals surface area contributed by atoms with Gasteiger partial charge in [0.25, 0.3) is 0 Å². The lowest BCUT2D eigenvalue weighted by Gasteiger charge is -2.03. The molecule has 0 amide bonds. The first-order valence-corrected chi connectivity index (χ1v) is 5.02. The molecule has 0 saturated heterocycles. The Hall–Kier alpha value is -1.36. The third kappa shape index (κ3) is 2.79. The summed E-state index contributed by atoms with van der Waals surface area (Å²) in [7, 11) is 0. The van der Waals surface area contributed by atoms with Crippen molar-refractivity contribution in [2.75, 3.05) is 6.61 Å². The molecule has 0 unspecified atom stereocenters. The predicted octanol–water partition coefficient (Wildman–Crippen LogP) is 1.17. The van der Waals surface area contributed by atoms with Gasteiger partial charge in [-0.3, -0.25) is 5.10 Å². The number of ether oxygens (including phenoxy) is 1. The number of H-pyrrole nitrogens is 1. The number of hydrogen-bond donors (Lipinski definition) is 2. The van der Waals surface area contributed by atoms with E-state index in [-0.39, 0.29) is 6.61 Å². The van der Waals surface area contributed by atoms with E-state index in [1.807, 2.05) is 6.92 Å². The summed E-state index contributed by atoms with van der Waals surface area (Å²) < 4.78 is 5.04. The number of aromatic nitrogens is 2. The molecule has 0 saturated carbocycles. The minimum Gasteiger partial charge on any atom is -0.462 e. The van der Waals surface area contributed by atoms with Gasteiger partial charge in [-0.15, -0.1) is 0 Å². The van der Waals surface area contributed by atoms with Gasteiger partial charge < -0.3 is 9.84 Å². The molecule has 1 aromatic heterocycles. The van der Waals surface area contributed by atoms with Crippen LogP contribution in [0.25, 0.3) is 0 Å². The lowest BCUT2D eigenvalue weighted by Crippen LogP contribution is -2.09. The highest BCUT2D eigenvalue weighted by atomic mass is 16.5. The van der Waals surface area contributed by atoms with Gasteiger partial charge in [0.2, 0.25) is 0 Å². The molecule has 1 heterocycles.